The number of aliphatic carboxylic acids is 1. The van der Waals surface area contributed by atoms with E-state index in [1.54, 1.807) is 13.1 Å². The van der Waals surface area contributed by atoms with E-state index in [9.17, 15) is 9.90 Å². The van der Waals surface area contributed by atoms with Gasteiger partial charge in [-0.15, -0.1) is 0 Å². The number of benzene rings is 2. The molecule has 0 aliphatic heterocycles. The van der Waals surface area contributed by atoms with Crippen molar-refractivity contribution in [3.05, 3.63) is 78.6 Å². The third-order valence-corrected chi connectivity index (χ3v) is 3.99. The molecule has 3 heteroatoms. The van der Waals surface area contributed by atoms with Crippen molar-refractivity contribution in [3.63, 3.8) is 0 Å². The first-order valence-corrected chi connectivity index (χ1v) is 7.50. The fourth-order valence-corrected chi connectivity index (χ4v) is 2.74. The minimum atomic E-state index is -0.823. The molecule has 0 aliphatic rings. The van der Waals surface area contributed by atoms with E-state index in [0.717, 1.165) is 27.8 Å². The Hall–Kier alpha value is -2.94. The van der Waals surface area contributed by atoms with Crippen molar-refractivity contribution < 1.29 is 9.90 Å². The maximum absolute atomic E-state index is 11.4. The number of nitrogens with zero attached hydrogens (tertiary/aromatic N) is 1. The van der Waals surface area contributed by atoms with Crippen molar-refractivity contribution >= 4 is 5.97 Å². The van der Waals surface area contributed by atoms with E-state index >= 15 is 0 Å². The van der Waals surface area contributed by atoms with Gasteiger partial charge in [-0.3, -0.25) is 9.78 Å². The molecule has 3 aromatic rings. The number of carbonyl (C=O) groups is 1. The van der Waals surface area contributed by atoms with E-state index in [-0.39, 0.29) is 0 Å². The zero-order valence-electron chi connectivity index (χ0n) is 12.8. The molecule has 1 unspecified atom stereocenters. The number of pyridine rings is 1. The van der Waals surface area contributed by atoms with E-state index in [2.05, 4.69) is 4.98 Å². The van der Waals surface area contributed by atoms with Gasteiger partial charge in [-0.1, -0.05) is 54.6 Å². The number of carboxylic acid groups (broad SMARTS) is 1. The molecule has 3 nitrogen and oxygen atoms in total. The number of aromatic nitrogens is 1. The van der Waals surface area contributed by atoms with Gasteiger partial charge in [0.25, 0.3) is 0 Å². The summed E-state index contributed by atoms with van der Waals surface area (Å²) in [7, 11) is 0. The first kappa shape index (κ1) is 15.0. The summed E-state index contributed by atoms with van der Waals surface area (Å²) >= 11 is 0. The summed E-state index contributed by atoms with van der Waals surface area (Å²) in [4.78, 5) is 15.6. The number of carboxylic acids is 1. The Morgan fingerprint density at radius 1 is 0.913 bits per heavy atom. The van der Waals surface area contributed by atoms with Gasteiger partial charge in [-0.25, -0.2) is 0 Å². The van der Waals surface area contributed by atoms with Gasteiger partial charge in [0, 0.05) is 18.0 Å². The minimum absolute atomic E-state index is 0.562. The second kappa shape index (κ2) is 6.44. The highest BCUT2D eigenvalue weighted by Gasteiger charge is 2.19. The predicted molar refractivity (Wildman–Crippen MR) is 91.2 cm³/mol. The Morgan fingerprint density at radius 3 is 2.22 bits per heavy atom. The Labute approximate surface area is 135 Å². The van der Waals surface area contributed by atoms with E-state index in [4.69, 9.17) is 0 Å². The number of rotatable bonds is 4. The molecule has 23 heavy (non-hydrogen) atoms. The monoisotopic (exact) mass is 303 g/mol. The molecule has 3 rings (SSSR count). The first-order valence-electron chi connectivity index (χ1n) is 7.50. The smallest absolute Gasteiger partial charge is 0.310 e. The van der Waals surface area contributed by atoms with E-state index < -0.39 is 11.9 Å². The van der Waals surface area contributed by atoms with Gasteiger partial charge in [0.1, 0.15) is 0 Å². The lowest BCUT2D eigenvalue weighted by Crippen LogP contribution is -2.08. The van der Waals surface area contributed by atoms with Crippen LogP contribution in [0.25, 0.3) is 22.3 Å². The van der Waals surface area contributed by atoms with Crippen LogP contribution < -0.4 is 0 Å². The molecule has 0 aliphatic carbocycles. The molecule has 2 aromatic carbocycles. The molecule has 0 radical (unpaired) electrons. The molecule has 0 saturated carbocycles. The topological polar surface area (TPSA) is 50.2 Å². The van der Waals surface area contributed by atoms with Crippen LogP contribution in [0, 0.1) is 0 Å². The molecule has 1 atom stereocenters. The number of hydrogen-bond acceptors (Lipinski definition) is 2. The Balaban J connectivity index is 2.20. The van der Waals surface area contributed by atoms with Crippen molar-refractivity contribution in [2.24, 2.45) is 0 Å². The van der Waals surface area contributed by atoms with Crippen LogP contribution in [0.5, 0.6) is 0 Å². The third kappa shape index (κ3) is 2.99. The van der Waals surface area contributed by atoms with Crippen LogP contribution in [0.2, 0.25) is 0 Å². The van der Waals surface area contributed by atoms with Gasteiger partial charge < -0.3 is 5.11 Å². The van der Waals surface area contributed by atoms with Crippen LogP contribution in [0.4, 0.5) is 0 Å². The molecule has 1 N–H and O–H groups in total. The highest BCUT2D eigenvalue weighted by molar-refractivity contribution is 5.87. The van der Waals surface area contributed by atoms with Crippen LogP contribution in [-0.2, 0) is 4.79 Å². The van der Waals surface area contributed by atoms with Crippen molar-refractivity contribution in [2.45, 2.75) is 12.8 Å². The summed E-state index contributed by atoms with van der Waals surface area (Å²) in [6, 6.07) is 19.6. The lowest BCUT2D eigenvalue weighted by atomic mass is 9.88. The van der Waals surface area contributed by atoms with Gasteiger partial charge in [0.15, 0.2) is 0 Å². The molecular formula is C20H17NO2. The van der Waals surface area contributed by atoms with Crippen molar-refractivity contribution in [1.82, 2.24) is 4.98 Å². The summed E-state index contributed by atoms with van der Waals surface area (Å²) in [6.07, 6.45) is 3.56. The first-order chi connectivity index (χ1) is 11.2. The van der Waals surface area contributed by atoms with Crippen LogP contribution in [0.1, 0.15) is 18.4 Å². The summed E-state index contributed by atoms with van der Waals surface area (Å²) < 4.78 is 0. The Bertz CT molecular complexity index is 828. The van der Waals surface area contributed by atoms with Crippen molar-refractivity contribution in [1.29, 1.82) is 0 Å². The maximum atomic E-state index is 11.4. The molecular weight excluding hydrogens is 286 g/mol. The van der Waals surface area contributed by atoms with Gasteiger partial charge in [0.2, 0.25) is 0 Å². The predicted octanol–water partition coefficient (Wildman–Crippen LogP) is 4.60. The maximum Gasteiger partial charge on any atom is 0.310 e. The summed E-state index contributed by atoms with van der Waals surface area (Å²) in [5.41, 5.74) is 4.84. The molecule has 0 fully saturated rings. The van der Waals surface area contributed by atoms with Crippen LogP contribution >= 0.6 is 0 Å². The van der Waals surface area contributed by atoms with Gasteiger partial charge in [-0.05, 0) is 35.2 Å². The SMILES string of the molecule is CC(C(=O)O)c1ccccc1-c1ccccc1-c1cccnc1. The van der Waals surface area contributed by atoms with Crippen molar-refractivity contribution in [2.75, 3.05) is 0 Å². The highest BCUT2D eigenvalue weighted by Crippen LogP contribution is 2.36. The quantitative estimate of drug-likeness (QED) is 0.766. The molecule has 0 bridgehead atoms. The fourth-order valence-electron chi connectivity index (χ4n) is 2.74. The summed E-state index contributed by atoms with van der Waals surface area (Å²) in [5.74, 6) is -1.38. The standard InChI is InChI=1S/C20H17NO2/c1-14(20(22)23)16-8-2-4-10-18(16)19-11-5-3-9-17(19)15-7-6-12-21-13-15/h2-14H,1H3,(H,22,23). The molecule has 1 aromatic heterocycles. The summed E-state index contributed by atoms with van der Waals surface area (Å²) in [5, 5.41) is 9.38. The van der Waals surface area contributed by atoms with Gasteiger partial charge in [0.05, 0.1) is 5.92 Å². The summed E-state index contributed by atoms with van der Waals surface area (Å²) in [6.45, 7) is 1.72. The zero-order valence-corrected chi connectivity index (χ0v) is 12.8. The normalized spacial score (nSPS) is 11.9. The molecule has 0 saturated heterocycles. The lowest BCUT2D eigenvalue weighted by molar-refractivity contribution is -0.138. The van der Waals surface area contributed by atoms with Gasteiger partial charge >= 0.3 is 5.97 Å². The second-order valence-corrected chi connectivity index (χ2v) is 5.43. The van der Waals surface area contributed by atoms with E-state index in [0.29, 0.717) is 0 Å². The molecule has 0 spiro atoms. The van der Waals surface area contributed by atoms with E-state index in [1.807, 2.05) is 66.9 Å². The second-order valence-electron chi connectivity index (χ2n) is 5.43. The molecule has 114 valence electrons. The number of hydrogen-bond donors (Lipinski definition) is 1. The average molecular weight is 303 g/mol. The molecule has 0 amide bonds. The minimum Gasteiger partial charge on any atom is -0.481 e. The largest absolute Gasteiger partial charge is 0.481 e. The Kier molecular flexibility index (Phi) is 4.20. The fraction of sp³-hybridized carbons (Fsp3) is 0.100. The van der Waals surface area contributed by atoms with E-state index in [1.165, 1.54) is 0 Å². The highest BCUT2D eigenvalue weighted by atomic mass is 16.4. The van der Waals surface area contributed by atoms with Crippen LogP contribution in [-0.4, -0.2) is 16.1 Å². The third-order valence-electron chi connectivity index (χ3n) is 3.99. The van der Waals surface area contributed by atoms with Crippen LogP contribution in [0.15, 0.2) is 73.1 Å². The lowest BCUT2D eigenvalue weighted by Gasteiger charge is -2.16. The average Bonchev–Trinajstić information content (AvgIpc) is 2.62. The molecule has 1 heterocycles. The Morgan fingerprint density at radius 2 is 1.57 bits per heavy atom. The van der Waals surface area contributed by atoms with Gasteiger partial charge in [-0.2, -0.15) is 0 Å². The zero-order chi connectivity index (χ0) is 16.2. The van der Waals surface area contributed by atoms with Crippen molar-refractivity contribution in [3.8, 4) is 22.3 Å². The van der Waals surface area contributed by atoms with Crippen LogP contribution in [0.3, 0.4) is 0 Å².